The lowest BCUT2D eigenvalue weighted by molar-refractivity contribution is -0.129. The molecule has 4 heteroatoms. The van der Waals surface area contributed by atoms with Gasteiger partial charge in [-0.15, -0.1) is 0 Å². The highest BCUT2D eigenvalue weighted by Gasteiger charge is 2.22. The van der Waals surface area contributed by atoms with Gasteiger partial charge in [0, 0.05) is 12.2 Å². The molecule has 0 bridgehead atoms. The number of carbonyl (C=O) groups is 1. The van der Waals surface area contributed by atoms with Crippen molar-refractivity contribution in [2.45, 2.75) is 40.4 Å². The summed E-state index contributed by atoms with van der Waals surface area (Å²) in [5, 5.41) is 0. The van der Waals surface area contributed by atoms with Crippen molar-refractivity contribution in [3.05, 3.63) is 59.2 Å². The summed E-state index contributed by atoms with van der Waals surface area (Å²) in [7, 11) is 1.63. The Morgan fingerprint density at radius 1 is 1.16 bits per heavy atom. The van der Waals surface area contributed by atoms with Gasteiger partial charge in [-0.05, 0) is 57.0 Å². The van der Waals surface area contributed by atoms with Gasteiger partial charge in [0.1, 0.15) is 11.9 Å². The molecule has 1 atom stereocenters. The number of hydrogen-bond donors (Lipinski definition) is 0. The highest BCUT2D eigenvalue weighted by molar-refractivity contribution is 5.97. The third kappa shape index (κ3) is 4.83. The zero-order valence-electron chi connectivity index (χ0n) is 15.7. The Labute approximate surface area is 150 Å². The maximum atomic E-state index is 12.8. The van der Waals surface area contributed by atoms with Crippen LogP contribution in [0.5, 0.6) is 5.75 Å². The van der Waals surface area contributed by atoms with E-state index in [1.165, 1.54) is 5.56 Å². The van der Waals surface area contributed by atoms with Gasteiger partial charge in [0.05, 0.1) is 13.7 Å². The SMILES string of the molecule is CCN(C(=O)C(C)OCc1cccc(OC)c1)c1ccc(C)cc1C. The van der Waals surface area contributed by atoms with Crippen molar-refractivity contribution in [1.29, 1.82) is 0 Å². The predicted octanol–water partition coefficient (Wildman–Crippen LogP) is 4.27. The minimum Gasteiger partial charge on any atom is -0.497 e. The van der Waals surface area contributed by atoms with Gasteiger partial charge in [-0.3, -0.25) is 4.79 Å². The average Bonchev–Trinajstić information content (AvgIpc) is 2.62. The third-order valence-electron chi connectivity index (χ3n) is 4.21. The molecule has 2 rings (SSSR count). The summed E-state index contributed by atoms with van der Waals surface area (Å²) in [6.45, 7) is 8.83. The summed E-state index contributed by atoms with van der Waals surface area (Å²) in [4.78, 5) is 14.6. The molecular weight excluding hydrogens is 314 g/mol. The molecule has 0 fully saturated rings. The standard InChI is InChI=1S/C21H27NO3/c1-6-22(20-11-10-15(2)12-16(20)3)21(23)17(4)25-14-18-8-7-9-19(13-18)24-5/h7-13,17H,6,14H2,1-5H3. The minimum atomic E-state index is -0.521. The van der Waals surface area contributed by atoms with E-state index in [2.05, 4.69) is 13.0 Å². The molecular formula is C21H27NO3. The van der Waals surface area contributed by atoms with Gasteiger partial charge in [-0.2, -0.15) is 0 Å². The van der Waals surface area contributed by atoms with E-state index < -0.39 is 6.10 Å². The van der Waals surface area contributed by atoms with E-state index in [1.807, 2.05) is 50.2 Å². The van der Waals surface area contributed by atoms with Crippen molar-refractivity contribution >= 4 is 11.6 Å². The Bertz CT molecular complexity index is 727. The van der Waals surface area contributed by atoms with Crippen LogP contribution in [-0.2, 0) is 16.1 Å². The number of aryl methyl sites for hydroxylation is 2. The number of anilines is 1. The van der Waals surface area contributed by atoms with Crippen LogP contribution in [-0.4, -0.2) is 25.7 Å². The molecule has 2 aromatic carbocycles. The van der Waals surface area contributed by atoms with Gasteiger partial charge < -0.3 is 14.4 Å². The number of nitrogens with zero attached hydrogens (tertiary/aromatic N) is 1. The van der Waals surface area contributed by atoms with Crippen LogP contribution in [0.25, 0.3) is 0 Å². The summed E-state index contributed by atoms with van der Waals surface area (Å²) in [6.07, 6.45) is -0.521. The fourth-order valence-electron chi connectivity index (χ4n) is 2.83. The highest BCUT2D eigenvalue weighted by atomic mass is 16.5. The van der Waals surface area contributed by atoms with E-state index in [0.29, 0.717) is 13.2 Å². The lowest BCUT2D eigenvalue weighted by Gasteiger charge is -2.26. The summed E-state index contributed by atoms with van der Waals surface area (Å²) < 4.78 is 11.0. The first-order valence-corrected chi connectivity index (χ1v) is 8.59. The van der Waals surface area contributed by atoms with Gasteiger partial charge in [0.2, 0.25) is 0 Å². The van der Waals surface area contributed by atoms with Crippen LogP contribution in [0.3, 0.4) is 0 Å². The van der Waals surface area contributed by atoms with E-state index in [-0.39, 0.29) is 5.91 Å². The van der Waals surface area contributed by atoms with Crippen molar-refractivity contribution in [2.75, 3.05) is 18.6 Å². The second-order valence-electron chi connectivity index (χ2n) is 6.18. The second-order valence-corrected chi connectivity index (χ2v) is 6.18. The number of carbonyl (C=O) groups excluding carboxylic acids is 1. The maximum absolute atomic E-state index is 12.8. The lowest BCUT2D eigenvalue weighted by atomic mass is 10.1. The molecule has 0 spiro atoms. The smallest absolute Gasteiger partial charge is 0.255 e. The first-order valence-electron chi connectivity index (χ1n) is 8.59. The number of benzene rings is 2. The molecule has 0 N–H and O–H groups in total. The largest absolute Gasteiger partial charge is 0.497 e. The molecule has 1 amide bonds. The van der Waals surface area contributed by atoms with Crippen LogP contribution in [0, 0.1) is 13.8 Å². The highest BCUT2D eigenvalue weighted by Crippen LogP contribution is 2.22. The van der Waals surface area contributed by atoms with Crippen molar-refractivity contribution in [1.82, 2.24) is 0 Å². The zero-order valence-corrected chi connectivity index (χ0v) is 15.7. The topological polar surface area (TPSA) is 38.8 Å². The van der Waals surface area contributed by atoms with Crippen molar-refractivity contribution < 1.29 is 14.3 Å². The van der Waals surface area contributed by atoms with E-state index in [9.17, 15) is 4.79 Å². The minimum absolute atomic E-state index is 0.0302. The number of ether oxygens (including phenoxy) is 2. The number of hydrogen-bond acceptors (Lipinski definition) is 3. The van der Waals surface area contributed by atoms with Crippen LogP contribution >= 0.6 is 0 Å². The van der Waals surface area contributed by atoms with E-state index in [1.54, 1.807) is 18.9 Å². The zero-order chi connectivity index (χ0) is 18.4. The monoisotopic (exact) mass is 341 g/mol. The molecule has 0 saturated carbocycles. The van der Waals surface area contributed by atoms with Gasteiger partial charge in [-0.1, -0.05) is 29.8 Å². The number of methoxy groups -OCH3 is 1. The summed E-state index contributed by atoms with van der Waals surface area (Å²) in [5.41, 5.74) is 4.20. The molecule has 0 saturated heterocycles. The van der Waals surface area contributed by atoms with Gasteiger partial charge in [0.25, 0.3) is 5.91 Å². The molecule has 0 heterocycles. The fraction of sp³-hybridized carbons (Fsp3) is 0.381. The molecule has 0 aliphatic heterocycles. The van der Waals surface area contributed by atoms with E-state index in [4.69, 9.17) is 9.47 Å². The molecule has 0 aliphatic rings. The molecule has 25 heavy (non-hydrogen) atoms. The number of likely N-dealkylation sites (N-methyl/N-ethyl adjacent to an activating group) is 1. The maximum Gasteiger partial charge on any atom is 0.255 e. The summed E-state index contributed by atoms with van der Waals surface area (Å²) in [6, 6.07) is 13.8. The quantitative estimate of drug-likeness (QED) is 0.755. The van der Waals surface area contributed by atoms with Crippen LogP contribution in [0.15, 0.2) is 42.5 Å². The number of rotatable bonds is 7. The molecule has 134 valence electrons. The van der Waals surface area contributed by atoms with Crippen LogP contribution < -0.4 is 9.64 Å². The van der Waals surface area contributed by atoms with Crippen molar-refractivity contribution in [2.24, 2.45) is 0 Å². The molecule has 1 unspecified atom stereocenters. The van der Waals surface area contributed by atoms with Crippen LogP contribution in [0.1, 0.15) is 30.5 Å². The first-order chi connectivity index (χ1) is 12.0. The summed E-state index contributed by atoms with van der Waals surface area (Å²) in [5.74, 6) is 0.753. The van der Waals surface area contributed by atoms with Gasteiger partial charge >= 0.3 is 0 Å². The lowest BCUT2D eigenvalue weighted by Crippen LogP contribution is -2.39. The van der Waals surface area contributed by atoms with Crippen LogP contribution in [0.4, 0.5) is 5.69 Å². The molecule has 4 nitrogen and oxygen atoms in total. The van der Waals surface area contributed by atoms with Crippen LogP contribution in [0.2, 0.25) is 0 Å². The second kappa shape index (κ2) is 8.67. The summed E-state index contributed by atoms with van der Waals surface area (Å²) >= 11 is 0. The van der Waals surface area contributed by atoms with E-state index in [0.717, 1.165) is 22.6 Å². The van der Waals surface area contributed by atoms with Crippen molar-refractivity contribution in [3.63, 3.8) is 0 Å². The Hall–Kier alpha value is -2.33. The Morgan fingerprint density at radius 3 is 2.56 bits per heavy atom. The average molecular weight is 341 g/mol. The molecule has 0 radical (unpaired) electrons. The van der Waals surface area contributed by atoms with E-state index >= 15 is 0 Å². The third-order valence-corrected chi connectivity index (χ3v) is 4.21. The van der Waals surface area contributed by atoms with Crippen molar-refractivity contribution in [3.8, 4) is 5.75 Å². The Morgan fingerprint density at radius 2 is 1.92 bits per heavy atom. The normalized spacial score (nSPS) is 11.9. The van der Waals surface area contributed by atoms with Gasteiger partial charge in [0.15, 0.2) is 0 Å². The Balaban J connectivity index is 2.06. The predicted molar refractivity (Wildman–Crippen MR) is 101 cm³/mol. The number of amides is 1. The Kier molecular flexibility index (Phi) is 6.59. The molecule has 0 aliphatic carbocycles. The first kappa shape index (κ1) is 19.0. The molecule has 0 aromatic heterocycles. The fourth-order valence-corrected chi connectivity index (χ4v) is 2.83. The van der Waals surface area contributed by atoms with Gasteiger partial charge in [-0.25, -0.2) is 0 Å². The molecule has 2 aromatic rings.